The standard InChI is InChI=1S/C12H11N3O4/c1-19-9-5-3-2-4-7(9)11(16)14-8-6-13-15-10(8)12(17)18/h2-6H,1H3,(H,13,15)(H,14,16)(H,17,18). The molecule has 19 heavy (non-hydrogen) atoms. The van der Waals surface area contributed by atoms with Gasteiger partial charge >= 0.3 is 5.97 Å². The fraction of sp³-hybridized carbons (Fsp3) is 0.0833. The molecule has 1 aromatic carbocycles. The third-order valence-electron chi connectivity index (χ3n) is 2.44. The van der Waals surface area contributed by atoms with Crippen molar-refractivity contribution in [3.63, 3.8) is 0 Å². The largest absolute Gasteiger partial charge is 0.496 e. The molecule has 7 heteroatoms. The van der Waals surface area contributed by atoms with Crippen molar-refractivity contribution in [2.75, 3.05) is 12.4 Å². The Morgan fingerprint density at radius 2 is 2.11 bits per heavy atom. The van der Waals surface area contributed by atoms with Crippen molar-refractivity contribution < 1.29 is 19.4 Å². The van der Waals surface area contributed by atoms with Crippen molar-refractivity contribution >= 4 is 17.6 Å². The molecule has 2 rings (SSSR count). The van der Waals surface area contributed by atoms with E-state index in [1.54, 1.807) is 24.3 Å². The molecule has 7 nitrogen and oxygen atoms in total. The Morgan fingerprint density at radius 3 is 2.79 bits per heavy atom. The van der Waals surface area contributed by atoms with Crippen molar-refractivity contribution in [1.29, 1.82) is 0 Å². The second kappa shape index (κ2) is 5.21. The van der Waals surface area contributed by atoms with E-state index >= 15 is 0 Å². The molecule has 0 aliphatic carbocycles. The summed E-state index contributed by atoms with van der Waals surface area (Å²) in [5.74, 6) is -1.29. The molecule has 0 unspecified atom stereocenters. The number of hydrogen-bond donors (Lipinski definition) is 3. The average molecular weight is 261 g/mol. The van der Waals surface area contributed by atoms with Crippen molar-refractivity contribution in [3.05, 3.63) is 41.7 Å². The van der Waals surface area contributed by atoms with Gasteiger partial charge in [0.15, 0.2) is 5.69 Å². The van der Waals surface area contributed by atoms with E-state index in [0.29, 0.717) is 11.3 Å². The summed E-state index contributed by atoms with van der Waals surface area (Å²) in [6.45, 7) is 0. The van der Waals surface area contributed by atoms with Gasteiger partial charge in [0.25, 0.3) is 5.91 Å². The second-order valence-electron chi connectivity index (χ2n) is 3.61. The maximum atomic E-state index is 12.0. The number of aromatic carboxylic acids is 1. The van der Waals surface area contributed by atoms with Crippen LogP contribution in [0.15, 0.2) is 30.5 Å². The summed E-state index contributed by atoms with van der Waals surface area (Å²) in [4.78, 5) is 22.9. The molecule has 0 aliphatic heterocycles. The number of anilines is 1. The summed E-state index contributed by atoms with van der Waals surface area (Å²) in [7, 11) is 1.45. The van der Waals surface area contributed by atoms with Crippen molar-refractivity contribution in [2.45, 2.75) is 0 Å². The van der Waals surface area contributed by atoms with Crippen LogP contribution in [0.1, 0.15) is 20.8 Å². The number of carbonyl (C=O) groups excluding carboxylic acids is 1. The highest BCUT2D eigenvalue weighted by molar-refractivity contribution is 6.08. The Labute approximate surface area is 108 Å². The molecule has 0 spiro atoms. The summed E-state index contributed by atoms with van der Waals surface area (Å²) < 4.78 is 5.06. The van der Waals surface area contributed by atoms with Crippen molar-refractivity contribution in [3.8, 4) is 5.75 Å². The Balaban J connectivity index is 2.26. The number of para-hydroxylation sites is 1. The molecule has 1 amide bonds. The van der Waals surface area contributed by atoms with E-state index < -0.39 is 11.9 Å². The van der Waals surface area contributed by atoms with Crippen LogP contribution >= 0.6 is 0 Å². The number of amides is 1. The maximum absolute atomic E-state index is 12.0. The highest BCUT2D eigenvalue weighted by Gasteiger charge is 2.18. The summed E-state index contributed by atoms with van der Waals surface area (Å²) >= 11 is 0. The highest BCUT2D eigenvalue weighted by Crippen LogP contribution is 2.20. The van der Waals surface area contributed by atoms with E-state index in [2.05, 4.69) is 15.5 Å². The molecule has 0 saturated heterocycles. The lowest BCUT2D eigenvalue weighted by Crippen LogP contribution is -2.15. The third kappa shape index (κ3) is 2.54. The number of carboxylic acid groups (broad SMARTS) is 1. The minimum Gasteiger partial charge on any atom is -0.496 e. The number of rotatable bonds is 4. The maximum Gasteiger partial charge on any atom is 0.358 e. The molecule has 0 saturated carbocycles. The minimum absolute atomic E-state index is 0.100. The summed E-state index contributed by atoms with van der Waals surface area (Å²) in [5.41, 5.74) is 0.161. The monoisotopic (exact) mass is 261 g/mol. The number of carbonyl (C=O) groups is 2. The van der Waals surface area contributed by atoms with Gasteiger partial charge in [-0.2, -0.15) is 5.10 Å². The van der Waals surface area contributed by atoms with Crippen LogP contribution in [-0.2, 0) is 0 Å². The Bertz CT molecular complexity index is 621. The topological polar surface area (TPSA) is 104 Å². The lowest BCUT2D eigenvalue weighted by atomic mass is 10.2. The molecule has 0 aliphatic rings. The predicted octanol–water partition coefficient (Wildman–Crippen LogP) is 1.37. The zero-order valence-corrected chi connectivity index (χ0v) is 10.0. The number of carboxylic acids is 1. The van der Waals surface area contributed by atoms with Gasteiger partial charge in [0, 0.05) is 6.20 Å². The van der Waals surface area contributed by atoms with E-state index in [1.807, 2.05) is 0 Å². The van der Waals surface area contributed by atoms with Crippen LogP contribution in [0.3, 0.4) is 0 Å². The third-order valence-corrected chi connectivity index (χ3v) is 2.44. The average Bonchev–Trinajstić information content (AvgIpc) is 2.87. The molecule has 98 valence electrons. The van der Waals surface area contributed by atoms with Crippen LogP contribution < -0.4 is 10.1 Å². The lowest BCUT2D eigenvalue weighted by Gasteiger charge is -2.08. The number of ether oxygens (including phenoxy) is 1. The van der Waals surface area contributed by atoms with Gasteiger partial charge in [-0.3, -0.25) is 9.89 Å². The van der Waals surface area contributed by atoms with Gasteiger partial charge in [0.05, 0.1) is 18.4 Å². The zero-order valence-electron chi connectivity index (χ0n) is 10.0. The van der Waals surface area contributed by atoms with Crippen LogP contribution in [0.2, 0.25) is 0 Å². The van der Waals surface area contributed by atoms with Gasteiger partial charge in [0.2, 0.25) is 0 Å². The minimum atomic E-state index is -1.23. The molecule has 2 aromatic rings. The van der Waals surface area contributed by atoms with Crippen LogP contribution in [-0.4, -0.2) is 34.3 Å². The highest BCUT2D eigenvalue weighted by atomic mass is 16.5. The molecule has 0 bridgehead atoms. The number of aromatic amines is 1. The number of benzene rings is 1. The number of nitrogens with one attached hydrogen (secondary N) is 2. The van der Waals surface area contributed by atoms with Crippen molar-refractivity contribution in [1.82, 2.24) is 10.2 Å². The van der Waals surface area contributed by atoms with Gasteiger partial charge in [-0.1, -0.05) is 12.1 Å². The fourth-order valence-corrected chi connectivity index (χ4v) is 1.57. The Hall–Kier alpha value is -2.83. The first kappa shape index (κ1) is 12.6. The summed E-state index contributed by atoms with van der Waals surface area (Å²) in [5, 5.41) is 17.3. The first-order valence-electron chi connectivity index (χ1n) is 5.35. The molecule has 0 atom stereocenters. The molecule has 0 fully saturated rings. The van der Waals surface area contributed by atoms with E-state index in [0.717, 1.165) is 0 Å². The first-order valence-corrected chi connectivity index (χ1v) is 5.35. The first-order chi connectivity index (χ1) is 9.13. The van der Waals surface area contributed by atoms with Gasteiger partial charge in [-0.25, -0.2) is 4.79 Å². The van der Waals surface area contributed by atoms with E-state index in [9.17, 15) is 9.59 Å². The smallest absolute Gasteiger partial charge is 0.358 e. The van der Waals surface area contributed by atoms with E-state index in [-0.39, 0.29) is 11.4 Å². The molecule has 0 radical (unpaired) electrons. The predicted molar refractivity (Wildman–Crippen MR) is 66.5 cm³/mol. The van der Waals surface area contributed by atoms with Gasteiger partial charge < -0.3 is 15.2 Å². The van der Waals surface area contributed by atoms with Gasteiger partial charge in [-0.15, -0.1) is 0 Å². The number of nitrogens with zero attached hydrogens (tertiary/aromatic N) is 1. The SMILES string of the molecule is COc1ccccc1C(=O)Nc1c[nH]nc1C(=O)O. The van der Waals surface area contributed by atoms with Crippen LogP contribution in [0, 0.1) is 0 Å². The van der Waals surface area contributed by atoms with E-state index in [4.69, 9.17) is 9.84 Å². The second-order valence-corrected chi connectivity index (χ2v) is 3.61. The molecule has 3 N–H and O–H groups in total. The molecule has 1 heterocycles. The normalized spacial score (nSPS) is 9.95. The lowest BCUT2D eigenvalue weighted by molar-refractivity contribution is 0.0691. The number of aromatic nitrogens is 2. The molecule has 1 aromatic heterocycles. The Kier molecular flexibility index (Phi) is 3.46. The van der Waals surface area contributed by atoms with Gasteiger partial charge in [-0.05, 0) is 12.1 Å². The van der Waals surface area contributed by atoms with E-state index in [1.165, 1.54) is 13.3 Å². The van der Waals surface area contributed by atoms with Crippen LogP contribution in [0.25, 0.3) is 0 Å². The van der Waals surface area contributed by atoms with Crippen molar-refractivity contribution in [2.24, 2.45) is 0 Å². The molecular formula is C12H11N3O4. The van der Waals surface area contributed by atoms with Crippen LogP contribution in [0.5, 0.6) is 5.75 Å². The number of hydrogen-bond acceptors (Lipinski definition) is 4. The summed E-state index contributed by atoms with van der Waals surface area (Å²) in [6.07, 6.45) is 1.30. The summed E-state index contributed by atoms with van der Waals surface area (Å²) in [6, 6.07) is 6.64. The van der Waals surface area contributed by atoms with Gasteiger partial charge in [0.1, 0.15) is 5.75 Å². The fourth-order valence-electron chi connectivity index (χ4n) is 1.57. The quantitative estimate of drug-likeness (QED) is 0.771. The number of H-pyrrole nitrogens is 1. The Morgan fingerprint density at radius 1 is 1.37 bits per heavy atom. The number of methoxy groups -OCH3 is 1. The zero-order chi connectivity index (χ0) is 13.8. The van der Waals surface area contributed by atoms with Crippen LogP contribution in [0.4, 0.5) is 5.69 Å². The molecular weight excluding hydrogens is 250 g/mol.